The number of halogens is 1. The molecule has 0 aliphatic heterocycles. The maximum absolute atomic E-state index is 12.7. The Hall–Kier alpha value is -4.65. The highest BCUT2D eigenvalue weighted by molar-refractivity contribution is 6.32. The Kier molecular flexibility index (Phi) is 9.97. The van der Waals surface area contributed by atoms with Crippen LogP contribution in [0.5, 0.6) is 11.5 Å². The number of hydrogen-bond donors (Lipinski definition) is 2. The molecule has 0 unspecified atom stereocenters. The maximum atomic E-state index is 12.7. The molecule has 1 amide bonds. The van der Waals surface area contributed by atoms with Crippen LogP contribution in [0.4, 0.5) is 17.1 Å². The number of pyridine rings is 2. The number of carbonyl (C=O) groups excluding carboxylic acids is 1. The average molecular weight is 585 g/mol. The number of benzene rings is 2. The molecule has 4 aromatic rings. The van der Waals surface area contributed by atoms with Crippen LogP contribution in [0.25, 0.3) is 10.9 Å². The number of amides is 1. The Labute approximate surface area is 250 Å². The summed E-state index contributed by atoms with van der Waals surface area (Å²) in [4.78, 5) is 23.5. The third kappa shape index (κ3) is 7.55. The van der Waals surface area contributed by atoms with Crippen molar-refractivity contribution < 1.29 is 14.3 Å². The molecule has 0 radical (unpaired) electrons. The van der Waals surface area contributed by atoms with Gasteiger partial charge in [0.1, 0.15) is 24.2 Å². The lowest BCUT2D eigenvalue weighted by Crippen LogP contribution is -2.13. The first-order valence-corrected chi connectivity index (χ1v) is 13.8. The van der Waals surface area contributed by atoms with Crippen molar-refractivity contribution in [3.8, 4) is 17.6 Å². The van der Waals surface area contributed by atoms with Crippen LogP contribution in [0.15, 0.2) is 60.8 Å². The molecule has 0 spiro atoms. The smallest absolute Gasteiger partial charge is 0.248 e. The van der Waals surface area contributed by atoms with Crippen LogP contribution in [-0.4, -0.2) is 48.0 Å². The van der Waals surface area contributed by atoms with E-state index in [-0.39, 0.29) is 5.91 Å². The number of ether oxygens (including phenoxy) is 2. The number of fused-ring (bicyclic) bond motifs is 1. The van der Waals surface area contributed by atoms with Crippen LogP contribution in [0.3, 0.4) is 0 Å². The quantitative estimate of drug-likeness (QED) is 0.191. The standard InChI is InChI=1S/C32H33ClN6O3/c1-6-41-30-17-27-24(16-28(30)38-31(40)8-7-13-39(4)5)32(25(18-34)21(3)36-27)37-23-9-10-29(26(33)15-23)42-19-22-11-12-35-20(2)14-22/h7-12,14-17H,6,13,19H2,1-5H3,(H,36,37)(H,38,40)/b8-7+. The molecule has 2 heterocycles. The first-order valence-electron chi connectivity index (χ1n) is 13.4. The Morgan fingerprint density at radius 3 is 2.62 bits per heavy atom. The molecular weight excluding hydrogens is 552 g/mol. The summed E-state index contributed by atoms with van der Waals surface area (Å²) in [5.74, 6) is 0.717. The molecule has 0 aliphatic rings. The van der Waals surface area contributed by atoms with Crippen LogP contribution >= 0.6 is 11.6 Å². The van der Waals surface area contributed by atoms with Crippen molar-refractivity contribution in [2.75, 3.05) is 37.9 Å². The summed E-state index contributed by atoms with van der Waals surface area (Å²) >= 11 is 6.59. The molecular formula is C32H33ClN6O3. The van der Waals surface area contributed by atoms with Crippen molar-refractivity contribution in [3.63, 3.8) is 0 Å². The zero-order valence-electron chi connectivity index (χ0n) is 24.3. The van der Waals surface area contributed by atoms with E-state index in [4.69, 9.17) is 21.1 Å². The van der Waals surface area contributed by atoms with Crippen LogP contribution in [-0.2, 0) is 11.4 Å². The van der Waals surface area contributed by atoms with Crippen molar-refractivity contribution in [1.29, 1.82) is 5.26 Å². The summed E-state index contributed by atoms with van der Waals surface area (Å²) in [5, 5.41) is 17.3. The number of hydrogen-bond acceptors (Lipinski definition) is 8. The van der Waals surface area contributed by atoms with Gasteiger partial charge in [-0.05, 0) is 76.8 Å². The fourth-order valence-electron chi connectivity index (χ4n) is 4.29. The van der Waals surface area contributed by atoms with Crippen molar-refractivity contribution in [2.45, 2.75) is 27.4 Å². The summed E-state index contributed by atoms with van der Waals surface area (Å²) in [5.41, 5.74) is 5.09. The minimum atomic E-state index is -0.295. The molecule has 4 rings (SSSR count). The number of nitrogens with zero attached hydrogens (tertiary/aromatic N) is 4. The number of anilines is 3. The van der Waals surface area contributed by atoms with E-state index in [9.17, 15) is 10.1 Å². The molecule has 2 N–H and O–H groups in total. The van der Waals surface area contributed by atoms with Gasteiger partial charge < -0.3 is 25.0 Å². The Morgan fingerprint density at radius 2 is 1.93 bits per heavy atom. The highest BCUT2D eigenvalue weighted by Gasteiger charge is 2.18. The molecule has 2 aromatic carbocycles. The topological polar surface area (TPSA) is 112 Å². The predicted octanol–water partition coefficient (Wildman–Crippen LogP) is 6.55. The number of aromatic nitrogens is 2. The first-order chi connectivity index (χ1) is 20.2. The fourth-order valence-corrected chi connectivity index (χ4v) is 4.53. The fraction of sp³-hybridized carbons (Fsp3) is 0.250. The maximum Gasteiger partial charge on any atom is 0.248 e. The molecule has 0 atom stereocenters. The largest absolute Gasteiger partial charge is 0.492 e. The molecule has 0 fully saturated rings. The van der Waals surface area contributed by atoms with Crippen molar-refractivity contribution in [1.82, 2.24) is 14.9 Å². The molecule has 0 aliphatic carbocycles. The Morgan fingerprint density at radius 1 is 1.12 bits per heavy atom. The van der Waals surface area contributed by atoms with Gasteiger partial charge in [0.15, 0.2) is 0 Å². The second-order valence-electron chi connectivity index (χ2n) is 9.88. The predicted molar refractivity (Wildman–Crippen MR) is 167 cm³/mol. The van der Waals surface area contributed by atoms with Crippen molar-refractivity contribution >= 4 is 45.5 Å². The second kappa shape index (κ2) is 13.8. The zero-order valence-corrected chi connectivity index (χ0v) is 25.0. The monoisotopic (exact) mass is 584 g/mol. The summed E-state index contributed by atoms with van der Waals surface area (Å²) in [6, 6.07) is 15.0. The van der Waals surface area contributed by atoms with Gasteiger partial charge in [0.05, 0.1) is 39.8 Å². The van der Waals surface area contributed by atoms with Crippen LogP contribution < -0.4 is 20.1 Å². The third-order valence-corrected chi connectivity index (χ3v) is 6.53. The Balaban J connectivity index is 1.68. The number of carbonyl (C=O) groups is 1. The van der Waals surface area contributed by atoms with E-state index >= 15 is 0 Å². The normalized spacial score (nSPS) is 11.1. The van der Waals surface area contributed by atoms with Gasteiger partial charge in [-0.15, -0.1) is 0 Å². The minimum Gasteiger partial charge on any atom is -0.492 e. The van der Waals surface area contributed by atoms with Gasteiger partial charge in [0, 0.05) is 41.7 Å². The van der Waals surface area contributed by atoms with Crippen LogP contribution in [0.2, 0.25) is 5.02 Å². The van der Waals surface area contributed by atoms with E-state index in [2.05, 4.69) is 26.7 Å². The van der Waals surface area contributed by atoms with E-state index in [1.807, 2.05) is 51.0 Å². The molecule has 42 heavy (non-hydrogen) atoms. The summed E-state index contributed by atoms with van der Waals surface area (Å²) < 4.78 is 11.8. The van der Waals surface area contributed by atoms with Gasteiger partial charge in [-0.3, -0.25) is 14.8 Å². The molecule has 2 aromatic heterocycles. The molecule has 0 saturated heterocycles. The minimum absolute atomic E-state index is 0.295. The highest BCUT2D eigenvalue weighted by atomic mass is 35.5. The first kappa shape index (κ1) is 30.3. The summed E-state index contributed by atoms with van der Waals surface area (Å²) in [7, 11) is 3.85. The summed E-state index contributed by atoms with van der Waals surface area (Å²) in [6.07, 6.45) is 5.00. The van der Waals surface area contributed by atoms with Gasteiger partial charge in [0.2, 0.25) is 5.91 Å². The lowest BCUT2D eigenvalue weighted by atomic mass is 10.0. The highest BCUT2D eigenvalue weighted by Crippen LogP contribution is 2.38. The van der Waals surface area contributed by atoms with Gasteiger partial charge in [-0.2, -0.15) is 5.26 Å². The zero-order chi connectivity index (χ0) is 30.2. The SMILES string of the molecule is CCOc1cc2nc(C)c(C#N)c(Nc3ccc(OCc4ccnc(C)c4)c(Cl)c3)c2cc1NC(=O)/C=C/CN(C)C. The van der Waals surface area contributed by atoms with E-state index < -0.39 is 0 Å². The molecule has 0 saturated carbocycles. The average Bonchev–Trinajstić information content (AvgIpc) is 2.93. The van der Waals surface area contributed by atoms with Crippen LogP contribution in [0, 0.1) is 25.2 Å². The lowest BCUT2D eigenvalue weighted by molar-refractivity contribution is -0.111. The molecule has 216 valence electrons. The summed E-state index contributed by atoms with van der Waals surface area (Å²) in [6.45, 7) is 6.95. The van der Waals surface area contributed by atoms with Crippen molar-refractivity contribution in [3.05, 3.63) is 88.4 Å². The second-order valence-corrected chi connectivity index (χ2v) is 10.3. The van der Waals surface area contributed by atoms with E-state index in [1.54, 1.807) is 43.5 Å². The van der Waals surface area contributed by atoms with Crippen LogP contribution in [0.1, 0.15) is 29.4 Å². The third-order valence-electron chi connectivity index (χ3n) is 6.23. The number of nitrogens with one attached hydrogen (secondary N) is 2. The van der Waals surface area contributed by atoms with E-state index in [0.29, 0.717) is 75.5 Å². The molecule has 0 bridgehead atoms. The molecule has 10 heteroatoms. The van der Waals surface area contributed by atoms with Gasteiger partial charge in [-0.1, -0.05) is 17.7 Å². The number of nitriles is 1. The van der Waals surface area contributed by atoms with Gasteiger partial charge in [0.25, 0.3) is 0 Å². The van der Waals surface area contributed by atoms with Gasteiger partial charge in [-0.25, -0.2) is 0 Å². The van der Waals surface area contributed by atoms with E-state index in [0.717, 1.165) is 11.3 Å². The van der Waals surface area contributed by atoms with E-state index in [1.165, 1.54) is 6.08 Å². The molecule has 9 nitrogen and oxygen atoms in total. The number of aryl methyl sites for hydroxylation is 2. The lowest BCUT2D eigenvalue weighted by Gasteiger charge is -2.17. The Bertz CT molecular complexity index is 1680. The number of likely N-dealkylation sites (N-methyl/N-ethyl adjacent to an activating group) is 1. The number of rotatable bonds is 11. The van der Waals surface area contributed by atoms with Crippen molar-refractivity contribution in [2.24, 2.45) is 0 Å². The van der Waals surface area contributed by atoms with Gasteiger partial charge >= 0.3 is 0 Å².